The molecule has 1 aromatic heterocycles. The third-order valence-electron chi connectivity index (χ3n) is 3.11. The summed E-state index contributed by atoms with van der Waals surface area (Å²) in [4.78, 5) is 6.47. The number of aromatic nitrogens is 1. The number of ether oxygens (including phenoxy) is 1. The number of nitrogens with zero attached hydrogens (tertiary/aromatic N) is 2. The Morgan fingerprint density at radius 1 is 1.38 bits per heavy atom. The molecule has 114 valence electrons. The van der Waals surface area contributed by atoms with E-state index in [1.165, 1.54) is 0 Å². The minimum Gasteiger partial charge on any atom is -0.497 e. The van der Waals surface area contributed by atoms with Crippen molar-refractivity contribution < 1.29 is 9.15 Å². The van der Waals surface area contributed by atoms with E-state index in [-0.39, 0.29) is 0 Å². The third-order valence-corrected chi connectivity index (χ3v) is 3.11. The van der Waals surface area contributed by atoms with E-state index in [1.807, 2.05) is 30.1 Å². The highest BCUT2D eigenvalue weighted by Crippen LogP contribution is 2.18. The van der Waals surface area contributed by atoms with Crippen LogP contribution in [0, 0.1) is 0 Å². The molecule has 0 radical (unpaired) electrons. The lowest BCUT2D eigenvalue weighted by Gasteiger charge is -2.14. The molecule has 1 N–H and O–H groups in total. The summed E-state index contributed by atoms with van der Waals surface area (Å²) in [5, 5.41) is 3.32. The molecule has 5 heteroatoms. The van der Waals surface area contributed by atoms with Crippen molar-refractivity contribution in [2.24, 2.45) is 0 Å². The lowest BCUT2D eigenvalue weighted by molar-refractivity contribution is 0.414. The van der Waals surface area contributed by atoms with Crippen LogP contribution in [0.2, 0.25) is 0 Å². The van der Waals surface area contributed by atoms with Crippen LogP contribution in [0.15, 0.2) is 34.9 Å². The number of hydrogen-bond acceptors (Lipinski definition) is 5. The Labute approximate surface area is 125 Å². The molecule has 2 rings (SSSR count). The molecule has 0 atom stereocenters. The largest absolute Gasteiger partial charge is 0.497 e. The Hall–Kier alpha value is -2.01. The molecule has 0 saturated heterocycles. The summed E-state index contributed by atoms with van der Waals surface area (Å²) in [5.74, 6) is 0.857. The molecule has 2 aromatic rings. The number of rotatable bonds is 7. The zero-order valence-electron chi connectivity index (χ0n) is 13.1. The zero-order valence-corrected chi connectivity index (χ0v) is 13.1. The third kappa shape index (κ3) is 4.49. The average molecular weight is 289 g/mol. The highest BCUT2D eigenvalue weighted by Gasteiger charge is 2.10. The molecule has 0 saturated carbocycles. The smallest absolute Gasteiger partial charge is 0.297 e. The molecule has 21 heavy (non-hydrogen) atoms. The molecule has 0 bridgehead atoms. The second-order valence-electron chi connectivity index (χ2n) is 5.36. The van der Waals surface area contributed by atoms with E-state index in [1.54, 1.807) is 13.4 Å². The SMILES string of the molecule is COc1cccc(CN(C)c2nc(CNC(C)C)co2)c1. The van der Waals surface area contributed by atoms with Gasteiger partial charge in [-0.25, -0.2) is 0 Å². The maximum atomic E-state index is 5.53. The maximum absolute atomic E-state index is 5.53. The van der Waals surface area contributed by atoms with Crippen molar-refractivity contribution in [3.05, 3.63) is 41.8 Å². The molecule has 0 fully saturated rings. The van der Waals surface area contributed by atoms with Crippen molar-refractivity contribution in [3.63, 3.8) is 0 Å². The average Bonchev–Trinajstić information content (AvgIpc) is 2.94. The van der Waals surface area contributed by atoms with Gasteiger partial charge in [0.1, 0.15) is 12.0 Å². The van der Waals surface area contributed by atoms with Crippen LogP contribution in [-0.2, 0) is 13.1 Å². The molecule has 0 unspecified atom stereocenters. The van der Waals surface area contributed by atoms with Gasteiger partial charge in [-0.3, -0.25) is 0 Å². The van der Waals surface area contributed by atoms with Gasteiger partial charge in [-0.2, -0.15) is 4.98 Å². The first-order valence-corrected chi connectivity index (χ1v) is 7.10. The predicted octanol–water partition coefficient (Wildman–Crippen LogP) is 2.82. The van der Waals surface area contributed by atoms with Crippen LogP contribution < -0.4 is 15.0 Å². The summed E-state index contributed by atoms with van der Waals surface area (Å²) in [7, 11) is 3.63. The fraction of sp³-hybridized carbons (Fsp3) is 0.438. The molecule has 0 aliphatic heterocycles. The number of benzene rings is 1. The van der Waals surface area contributed by atoms with Crippen LogP contribution in [0.4, 0.5) is 6.01 Å². The first-order valence-electron chi connectivity index (χ1n) is 7.10. The first-order chi connectivity index (χ1) is 10.1. The Kier molecular flexibility index (Phi) is 5.22. The van der Waals surface area contributed by atoms with Gasteiger partial charge in [0.2, 0.25) is 0 Å². The lowest BCUT2D eigenvalue weighted by Crippen LogP contribution is -2.22. The predicted molar refractivity (Wildman–Crippen MR) is 83.6 cm³/mol. The van der Waals surface area contributed by atoms with Crippen molar-refractivity contribution in [1.29, 1.82) is 0 Å². The van der Waals surface area contributed by atoms with Crippen molar-refractivity contribution in [2.45, 2.75) is 33.0 Å². The number of hydrogen-bond donors (Lipinski definition) is 1. The van der Waals surface area contributed by atoms with E-state index in [2.05, 4.69) is 30.2 Å². The second kappa shape index (κ2) is 7.13. The molecule has 0 aliphatic carbocycles. The van der Waals surface area contributed by atoms with Gasteiger partial charge in [0.15, 0.2) is 0 Å². The van der Waals surface area contributed by atoms with Crippen molar-refractivity contribution >= 4 is 6.01 Å². The van der Waals surface area contributed by atoms with Crippen LogP contribution in [-0.4, -0.2) is 25.2 Å². The van der Waals surface area contributed by atoms with E-state index >= 15 is 0 Å². The van der Waals surface area contributed by atoms with Gasteiger partial charge in [0, 0.05) is 26.2 Å². The van der Waals surface area contributed by atoms with Gasteiger partial charge in [-0.05, 0) is 17.7 Å². The van der Waals surface area contributed by atoms with Gasteiger partial charge in [0.05, 0.1) is 12.8 Å². The summed E-state index contributed by atoms with van der Waals surface area (Å²) in [6.45, 7) is 5.65. The van der Waals surface area contributed by atoms with Crippen LogP contribution in [0.5, 0.6) is 5.75 Å². The highest BCUT2D eigenvalue weighted by molar-refractivity contribution is 5.33. The number of nitrogens with one attached hydrogen (secondary N) is 1. The van der Waals surface area contributed by atoms with Gasteiger partial charge >= 0.3 is 0 Å². The van der Waals surface area contributed by atoms with Crippen LogP contribution in [0.3, 0.4) is 0 Å². The number of anilines is 1. The van der Waals surface area contributed by atoms with E-state index in [0.29, 0.717) is 18.6 Å². The maximum Gasteiger partial charge on any atom is 0.297 e. The summed E-state index contributed by atoms with van der Waals surface area (Å²) >= 11 is 0. The van der Waals surface area contributed by atoms with E-state index in [0.717, 1.165) is 23.6 Å². The first kappa shape index (κ1) is 15.4. The number of oxazole rings is 1. The summed E-state index contributed by atoms with van der Waals surface area (Å²) in [6, 6.07) is 9.04. The van der Waals surface area contributed by atoms with Crippen molar-refractivity contribution in [2.75, 3.05) is 19.1 Å². The number of methoxy groups -OCH3 is 1. The lowest BCUT2D eigenvalue weighted by atomic mass is 10.2. The van der Waals surface area contributed by atoms with Crippen molar-refractivity contribution in [3.8, 4) is 5.75 Å². The zero-order chi connectivity index (χ0) is 15.2. The molecule has 0 spiro atoms. The van der Waals surface area contributed by atoms with Crippen LogP contribution in [0.25, 0.3) is 0 Å². The van der Waals surface area contributed by atoms with E-state index in [9.17, 15) is 0 Å². The van der Waals surface area contributed by atoms with Crippen molar-refractivity contribution in [1.82, 2.24) is 10.3 Å². The fourth-order valence-electron chi connectivity index (χ4n) is 1.97. The molecule has 5 nitrogen and oxygen atoms in total. The van der Waals surface area contributed by atoms with Crippen LogP contribution in [0.1, 0.15) is 25.1 Å². The molecule has 1 aromatic carbocycles. The van der Waals surface area contributed by atoms with E-state index < -0.39 is 0 Å². The van der Waals surface area contributed by atoms with Gasteiger partial charge < -0.3 is 19.4 Å². The van der Waals surface area contributed by atoms with Crippen LogP contribution >= 0.6 is 0 Å². The Morgan fingerprint density at radius 2 is 2.19 bits per heavy atom. The summed E-state index contributed by atoms with van der Waals surface area (Å²) < 4.78 is 10.8. The summed E-state index contributed by atoms with van der Waals surface area (Å²) in [5.41, 5.74) is 2.06. The monoisotopic (exact) mass is 289 g/mol. The Morgan fingerprint density at radius 3 is 2.90 bits per heavy atom. The van der Waals surface area contributed by atoms with Gasteiger partial charge in [-0.1, -0.05) is 26.0 Å². The molecular weight excluding hydrogens is 266 g/mol. The second-order valence-corrected chi connectivity index (χ2v) is 5.36. The molecule has 0 aliphatic rings. The fourth-order valence-corrected chi connectivity index (χ4v) is 1.97. The molecule has 0 amide bonds. The quantitative estimate of drug-likeness (QED) is 0.849. The molecular formula is C16H23N3O2. The summed E-state index contributed by atoms with van der Waals surface area (Å²) in [6.07, 6.45) is 1.70. The standard InChI is InChI=1S/C16H23N3O2/c1-12(2)17-9-14-11-21-16(18-14)19(3)10-13-6-5-7-15(8-13)20-4/h5-8,11-12,17H,9-10H2,1-4H3. The normalized spacial score (nSPS) is 10.9. The Bertz CT molecular complexity index is 566. The highest BCUT2D eigenvalue weighted by atomic mass is 16.5. The van der Waals surface area contributed by atoms with E-state index in [4.69, 9.17) is 9.15 Å². The van der Waals surface area contributed by atoms with Gasteiger partial charge in [0.25, 0.3) is 6.01 Å². The Balaban J connectivity index is 1.97. The molecule has 1 heterocycles. The van der Waals surface area contributed by atoms with Gasteiger partial charge in [-0.15, -0.1) is 0 Å². The topological polar surface area (TPSA) is 50.5 Å². The minimum absolute atomic E-state index is 0.430. The minimum atomic E-state index is 0.430.